The molecule has 27 heavy (non-hydrogen) atoms. The third kappa shape index (κ3) is 3.34. The lowest BCUT2D eigenvalue weighted by molar-refractivity contribution is 0.523. The molecule has 0 radical (unpaired) electrons. The van der Waals surface area contributed by atoms with E-state index in [2.05, 4.69) is 18.2 Å². The molecule has 2 N–H and O–H groups in total. The van der Waals surface area contributed by atoms with Crippen molar-refractivity contribution in [3.05, 3.63) is 77.4 Å². The van der Waals surface area contributed by atoms with Crippen molar-refractivity contribution >= 4 is 21.2 Å². The second-order valence-electron chi connectivity index (χ2n) is 7.31. The number of allylic oxidation sites excluding steroid dienone is 4. The standard InChI is InChI=1S/C22H20N2O2S/c23-15-16-3-5-17(6-4-16)20-13-22(11-1-2-12-22)14-21(20)18-7-9-19(10-8-18)27(24,25)26/h3-10,13-14H,1-2,11-12H2,(H2,24,25,26). The minimum atomic E-state index is -3.70. The van der Waals surface area contributed by atoms with E-state index in [1.807, 2.05) is 36.4 Å². The molecule has 0 aromatic heterocycles. The zero-order chi connectivity index (χ0) is 19.1. The number of nitrogens with zero attached hydrogens (tertiary/aromatic N) is 1. The quantitative estimate of drug-likeness (QED) is 0.869. The van der Waals surface area contributed by atoms with Crippen molar-refractivity contribution in [3.8, 4) is 6.07 Å². The maximum Gasteiger partial charge on any atom is 0.238 e. The van der Waals surface area contributed by atoms with E-state index in [0.717, 1.165) is 35.1 Å². The second-order valence-corrected chi connectivity index (χ2v) is 8.88. The van der Waals surface area contributed by atoms with Crippen molar-refractivity contribution in [1.29, 1.82) is 5.26 Å². The lowest BCUT2D eigenvalue weighted by atomic mass is 9.88. The summed E-state index contributed by atoms with van der Waals surface area (Å²) in [7, 11) is -3.70. The summed E-state index contributed by atoms with van der Waals surface area (Å²) in [5, 5.41) is 14.3. The summed E-state index contributed by atoms with van der Waals surface area (Å²) in [6.45, 7) is 0. The normalized spacial score (nSPS) is 18.2. The van der Waals surface area contributed by atoms with Gasteiger partial charge in [0.05, 0.1) is 16.5 Å². The van der Waals surface area contributed by atoms with E-state index in [1.165, 1.54) is 12.8 Å². The van der Waals surface area contributed by atoms with E-state index in [-0.39, 0.29) is 10.3 Å². The Bertz CT molecular complexity index is 1080. The highest BCUT2D eigenvalue weighted by Crippen LogP contribution is 2.51. The Balaban J connectivity index is 1.78. The van der Waals surface area contributed by atoms with E-state index in [0.29, 0.717) is 5.56 Å². The topological polar surface area (TPSA) is 83.9 Å². The van der Waals surface area contributed by atoms with Gasteiger partial charge in [-0.3, -0.25) is 0 Å². The van der Waals surface area contributed by atoms with Gasteiger partial charge in [-0.05, 0) is 59.4 Å². The fourth-order valence-electron chi connectivity index (χ4n) is 4.12. The van der Waals surface area contributed by atoms with Crippen LogP contribution in [-0.2, 0) is 10.0 Å². The molecule has 4 nitrogen and oxygen atoms in total. The van der Waals surface area contributed by atoms with Crippen LogP contribution in [0.5, 0.6) is 0 Å². The van der Waals surface area contributed by atoms with E-state index >= 15 is 0 Å². The number of nitrogens with two attached hydrogens (primary N) is 1. The summed E-state index contributed by atoms with van der Waals surface area (Å²) < 4.78 is 23.1. The molecule has 0 heterocycles. The smallest absolute Gasteiger partial charge is 0.225 e. The van der Waals surface area contributed by atoms with Gasteiger partial charge in [-0.15, -0.1) is 0 Å². The van der Waals surface area contributed by atoms with Crippen LogP contribution in [-0.4, -0.2) is 8.42 Å². The molecule has 2 aliphatic rings. The van der Waals surface area contributed by atoms with Gasteiger partial charge >= 0.3 is 0 Å². The summed E-state index contributed by atoms with van der Waals surface area (Å²) >= 11 is 0. The van der Waals surface area contributed by atoms with E-state index in [4.69, 9.17) is 10.4 Å². The van der Waals surface area contributed by atoms with Crippen molar-refractivity contribution in [2.24, 2.45) is 10.6 Å². The van der Waals surface area contributed by atoms with Crippen LogP contribution in [0.4, 0.5) is 0 Å². The predicted octanol–water partition coefficient (Wildman–Crippen LogP) is 4.25. The van der Waals surface area contributed by atoms with Crippen LogP contribution >= 0.6 is 0 Å². The van der Waals surface area contributed by atoms with Crippen molar-refractivity contribution in [2.75, 3.05) is 0 Å². The van der Waals surface area contributed by atoms with Gasteiger partial charge in [-0.1, -0.05) is 49.3 Å². The first kappa shape index (κ1) is 17.7. The van der Waals surface area contributed by atoms with Gasteiger partial charge in [-0.2, -0.15) is 5.26 Å². The molecule has 2 aromatic carbocycles. The van der Waals surface area contributed by atoms with Crippen LogP contribution in [0.1, 0.15) is 42.4 Å². The highest BCUT2D eigenvalue weighted by Gasteiger charge is 2.35. The monoisotopic (exact) mass is 376 g/mol. The Morgan fingerprint density at radius 3 is 1.78 bits per heavy atom. The van der Waals surface area contributed by atoms with Gasteiger partial charge in [0.25, 0.3) is 0 Å². The highest BCUT2D eigenvalue weighted by atomic mass is 32.2. The fourth-order valence-corrected chi connectivity index (χ4v) is 4.64. The number of rotatable bonds is 3. The number of hydrogen-bond acceptors (Lipinski definition) is 3. The predicted molar refractivity (Wildman–Crippen MR) is 106 cm³/mol. The van der Waals surface area contributed by atoms with Crippen LogP contribution in [0.15, 0.2) is 65.6 Å². The van der Waals surface area contributed by atoms with Crippen LogP contribution in [0, 0.1) is 16.7 Å². The molecule has 0 unspecified atom stereocenters. The molecule has 2 aliphatic carbocycles. The molecule has 1 saturated carbocycles. The molecule has 0 bridgehead atoms. The Morgan fingerprint density at radius 1 is 0.852 bits per heavy atom. The molecule has 5 heteroatoms. The number of benzene rings is 2. The first-order valence-electron chi connectivity index (χ1n) is 9.00. The third-order valence-corrected chi connectivity index (χ3v) is 6.44. The molecule has 0 aliphatic heterocycles. The Kier molecular flexibility index (Phi) is 4.26. The zero-order valence-electron chi connectivity index (χ0n) is 14.9. The van der Waals surface area contributed by atoms with E-state index in [1.54, 1.807) is 12.1 Å². The van der Waals surface area contributed by atoms with E-state index < -0.39 is 10.0 Å². The average molecular weight is 376 g/mol. The molecule has 0 saturated heterocycles. The summed E-state index contributed by atoms with van der Waals surface area (Å²) in [5.41, 5.74) is 5.02. The third-order valence-electron chi connectivity index (χ3n) is 5.51. The Hall–Kier alpha value is -2.68. The summed E-state index contributed by atoms with van der Waals surface area (Å²) in [6, 6.07) is 16.5. The summed E-state index contributed by atoms with van der Waals surface area (Å²) in [6.07, 6.45) is 9.37. The van der Waals surface area contributed by atoms with Gasteiger partial charge in [0, 0.05) is 5.41 Å². The minimum absolute atomic E-state index is 0.0805. The molecular formula is C22H20N2O2S. The molecular weight excluding hydrogens is 356 g/mol. The second kappa shape index (κ2) is 6.49. The van der Waals surface area contributed by atoms with Gasteiger partial charge in [0.2, 0.25) is 10.0 Å². The Morgan fingerprint density at radius 2 is 1.33 bits per heavy atom. The molecule has 1 fully saturated rings. The van der Waals surface area contributed by atoms with Crippen molar-refractivity contribution < 1.29 is 8.42 Å². The van der Waals surface area contributed by atoms with Gasteiger partial charge in [0.15, 0.2) is 0 Å². The maximum absolute atomic E-state index is 11.5. The lowest BCUT2D eigenvalue weighted by Crippen LogP contribution is -2.11. The zero-order valence-corrected chi connectivity index (χ0v) is 15.7. The van der Waals surface area contributed by atoms with Gasteiger partial charge in [-0.25, -0.2) is 13.6 Å². The number of primary sulfonamides is 1. The number of nitriles is 1. The van der Waals surface area contributed by atoms with Crippen LogP contribution in [0.3, 0.4) is 0 Å². The fraction of sp³-hybridized carbons (Fsp3) is 0.227. The van der Waals surface area contributed by atoms with Crippen molar-refractivity contribution in [3.63, 3.8) is 0 Å². The molecule has 136 valence electrons. The molecule has 2 aromatic rings. The Labute approximate surface area is 159 Å². The van der Waals surface area contributed by atoms with Crippen LogP contribution in [0.25, 0.3) is 11.1 Å². The largest absolute Gasteiger partial charge is 0.238 e. The summed E-state index contributed by atoms with van der Waals surface area (Å²) in [5.74, 6) is 0. The van der Waals surface area contributed by atoms with Gasteiger partial charge < -0.3 is 0 Å². The number of hydrogen-bond donors (Lipinski definition) is 1. The van der Waals surface area contributed by atoms with Crippen molar-refractivity contribution in [2.45, 2.75) is 30.6 Å². The first-order chi connectivity index (χ1) is 12.9. The molecule has 1 spiro atoms. The lowest BCUT2D eigenvalue weighted by Gasteiger charge is -2.16. The van der Waals surface area contributed by atoms with E-state index in [9.17, 15) is 8.42 Å². The first-order valence-corrected chi connectivity index (χ1v) is 10.5. The number of sulfonamides is 1. The van der Waals surface area contributed by atoms with Gasteiger partial charge in [0.1, 0.15) is 0 Å². The molecule has 4 rings (SSSR count). The average Bonchev–Trinajstić information content (AvgIpc) is 3.28. The van der Waals surface area contributed by atoms with Crippen molar-refractivity contribution in [1.82, 2.24) is 0 Å². The highest BCUT2D eigenvalue weighted by molar-refractivity contribution is 7.89. The molecule has 0 amide bonds. The molecule has 0 atom stereocenters. The maximum atomic E-state index is 11.5. The van der Waals surface area contributed by atoms with Crippen LogP contribution in [0.2, 0.25) is 0 Å². The van der Waals surface area contributed by atoms with Crippen LogP contribution < -0.4 is 5.14 Å². The SMILES string of the molecule is N#Cc1ccc(C2=CC3(C=C2c2ccc(S(N)(=O)=O)cc2)CCCC3)cc1. The summed E-state index contributed by atoms with van der Waals surface area (Å²) in [4.78, 5) is 0.115. The minimum Gasteiger partial charge on any atom is -0.225 e.